The van der Waals surface area contributed by atoms with Gasteiger partial charge in [0.05, 0.1) is 13.2 Å². The summed E-state index contributed by atoms with van der Waals surface area (Å²) in [5.41, 5.74) is 2.97. The number of aliphatic hydroxyl groups excluding tert-OH is 1. The fourth-order valence-corrected chi connectivity index (χ4v) is 5.05. The van der Waals surface area contributed by atoms with Crippen molar-refractivity contribution in [3.8, 4) is 5.75 Å². The van der Waals surface area contributed by atoms with Crippen LogP contribution < -0.4 is 4.74 Å². The van der Waals surface area contributed by atoms with Gasteiger partial charge in [0.15, 0.2) is 0 Å². The summed E-state index contributed by atoms with van der Waals surface area (Å²) in [6, 6.07) is 6.41. The van der Waals surface area contributed by atoms with E-state index in [4.69, 9.17) is 4.74 Å². The van der Waals surface area contributed by atoms with Crippen LogP contribution in [0.3, 0.4) is 0 Å². The van der Waals surface area contributed by atoms with Gasteiger partial charge in [-0.2, -0.15) is 0 Å². The van der Waals surface area contributed by atoms with E-state index in [9.17, 15) is 5.11 Å². The fraction of sp³-hybridized carbons (Fsp3) is 0.700. The first kappa shape index (κ1) is 15.9. The first-order valence-electron chi connectivity index (χ1n) is 8.86. The SMILES string of the molecule is COc1ccc(C)c(CC[C@@H]2CCC[C@@]3(C)[C@@H]2CC[C@@H]3O)c1. The molecule has 0 bridgehead atoms. The van der Waals surface area contributed by atoms with E-state index in [1.165, 1.54) is 43.2 Å². The summed E-state index contributed by atoms with van der Waals surface area (Å²) in [5, 5.41) is 10.4. The van der Waals surface area contributed by atoms with E-state index in [2.05, 4.69) is 26.0 Å². The molecule has 3 rings (SSSR count). The molecule has 2 heteroatoms. The van der Waals surface area contributed by atoms with Crippen molar-refractivity contribution in [3.63, 3.8) is 0 Å². The number of hydrogen-bond acceptors (Lipinski definition) is 2. The average Bonchev–Trinajstić information content (AvgIpc) is 2.82. The van der Waals surface area contributed by atoms with Gasteiger partial charge in [-0.15, -0.1) is 0 Å². The largest absolute Gasteiger partial charge is 0.497 e. The highest BCUT2D eigenvalue weighted by Gasteiger charge is 2.50. The minimum absolute atomic E-state index is 0.0705. The molecule has 0 radical (unpaired) electrons. The Hall–Kier alpha value is -1.02. The van der Waals surface area contributed by atoms with Crippen molar-refractivity contribution in [3.05, 3.63) is 29.3 Å². The van der Waals surface area contributed by atoms with Crippen LogP contribution in [-0.2, 0) is 6.42 Å². The van der Waals surface area contributed by atoms with E-state index in [-0.39, 0.29) is 11.5 Å². The normalized spacial score (nSPS) is 34.5. The van der Waals surface area contributed by atoms with E-state index in [0.717, 1.165) is 30.4 Å². The molecular formula is C20H30O2. The topological polar surface area (TPSA) is 29.5 Å². The monoisotopic (exact) mass is 302 g/mol. The minimum atomic E-state index is -0.0705. The van der Waals surface area contributed by atoms with E-state index >= 15 is 0 Å². The Labute approximate surface area is 134 Å². The molecule has 2 aliphatic rings. The number of methoxy groups -OCH3 is 1. The maximum atomic E-state index is 10.4. The number of aryl methyl sites for hydroxylation is 2. The van der Waals surface area contributed by atoms with Gasteiger partial charge in [0.25, 0.3) is 0 Å². The predicted molar refractivity (Wildman–Crippen MR) is 90.2 cm³/mol. The molecule has 4 atom stereocenters. The maximum absolute atomic E-state index is 10.4. The number of ether oxygens (including phenoxy) is 1. The second-order valence-electron chi connectivity index (χ2n) is 7.69. The van der Waals surface area contributed by atoms with Crippen LogP contribution >= 0.6 is 0 Å². The smallest absolute Gasteiger partial charge is 0.119 e. The van der Waals surface area contributed by atoms with Crippen molar-refractivity contribution in [1.82, 2.24) is 0 Å². The third-order valence-corrected chi connectivity index (χ3v) is 6.56. The molecule has 1 N–H and O–H groups in total. The zero-order valence-electron chi connectivity index (χ0n) is 14.3. The van der Waals surface area contributed by atoms with Crippen molar-refractivity contribution in [2.45, 2.75) is 64.9 Å². The lowest BCUT2D eigenvalue weighted by atomic mass is 9.62. The summed E-state index contributed by atoms with van der Waals surface area (Å²) in [5.74, 6) is 2.47. The Morgan fingerprint density at radius 2 is 2.09 bits per heavy atom. The summed E-state index contributed by atoms with van der Waals surface area (Å²) in [6.07, 6.45) is 8.39. The molecule has 2 fully saturated rings. The number of hydrogen-bond donors (Lipinski definition) is 1. The van der Waals surface area contributed by atoms with Gasteiger partial charge >= 0.3 is 0 Å². The number of fused-ring (bicyclic) bond motifs is 1. The summed E-state index contributed by atoms with van der Waals surface area (Å²) >= 11 is 0. The second-order valence-corrected chi connectivity index (χ2v) is 7.69. The van der Waals surface area contributed by atoms with Gasteiger partial charge in [-0.1, -0.05) is 25.8 Å². The Bertz CT molecular complexity index is 524. The molecule has 0 aliphatic heterocycles. The van der Waals surface area contributed by atoms with Crippen molar-refractivity contribution < 1.29 is 9.84 Å². The van der Waals surface area contributed by atoms with Gasteiger partial charge in [-0.3, -0.25) is 0 Å². The summed E-state index contributed by atoms with van der Waals surface area (Å²) in [6.45, 7) is 4.53. The number of benzene rings is 1. The molecule has 0 spiro atoms. The number of aliphatic hydroxyl groups is 1. The third kappa shape index (κ3) is 2.78. The lowest BCUT2D eigenvalue weighted by molar-refractivity contribution is -0.0119. The van der Waals surface area contributed by atoms with Gasteiger partial charge in [-0.25, -0.2) is 0 Å². The maximum Gasteiger partial charge on any atom is 0.119 e. The van der Waals surface area contributed by atoms with Gasteiger partial charge < -0.3 is 9.84 Å². The van der Waals surface area contributed by atoms with Crippen LogP contribution in [-0.4, -0.2) is 18.3 Å². The third-order valence-electron chi connectivity index (χ3n) is 6.56. The molecule has 0 amide bonds. The molecule has 2 aliphatic carbocycles. The van der Waals surface area contributed by atoms with Crippen LogP contribution in [0.25, 0.3) is 0 Å². The van der Waals surface area contributed by atoms with Crippen LogP contribution in [0.4, 0.5) is 0 Å². The second kappa shape index (κ2) is 6.23. The predicted octanol–water partition coefficient (Wildman–Crippen LogP) is 4.51. The van der Waals surface area contributed by atoms with Crippen molar-refractivity contribution in [2.24, 2.45) is 17.3 Å². The average molecular weight is 302 g/mol. The van der Waals surface area contributed by atoms with E-state index in [1.54, 1.807) is 7.11 Å². The van der Waals surface area contributed by atoms with Crippen LogP contribution in [0, 0.1) is 24.2 Å². The van der Waals surface area contributed by atoms with Crippen molar-refractivity contribution in [2.75, 3.05) is 7.11 Å². The van der Waals surface area contributed by atoms with Gasteiger partial charge in [0, 0.05) is 0 Å². The van der Waals surface area contributed by atoms with Crippen LogP contribution in [0.15, 0.2) is 18.2 Å². The van der Waals surface area contributed by atoms with Crippen molar-refractivity contribution >= 4 is 0 Å². The zero-order chi connectivity index (χ0) is 15.7. The van der Waals surface area contributed by atoms with Crippen molar-refractivity contribution in [1.29, 1.82) is 0 Å². The summed E-state index contributed by atoms with van der Waals surface area (Å²) < 4.78 is 5.37. The highest BCUT2D eigenvalue weighted by Crippen LogP contribution is 2.55. The van der Waals surface area contributed by atoms with Crippen LogP contribution in [0.2, 0.25) is 0 Å². The number of rotatable bonds is 4. The molecule has 0 aromatic heterocycles. The molecule has 0 unspecified atom stereocenters. The highest BCUT2D eigenvalue weighted by molar-refractivity contribution is 5.35. The van der Waals surface area contributed by atoms with Gasteiger partial charge in [0.1, 0.15) is 5.75 Å². The Balaban J connectivity index is 1.69. The Morgan fingerprint density at radius 3 is 2.86 bits per heavy atom. The van der Waals surface area contributed by atoms with Gasteiger partial charge in [-0.05, 0) is 79.5 Å². The quantitative estimate of drug-likeness (QED) is 0.886. The molecule has 1 aromatic carbocycles. The zero-order valence-corrected chi connectivity index (χ0v) is 14.3. The first-order chi connectivity index (χ1) is 10.5. The van der Waals surface area contributed by atoms with Crippen LogP contribution in [0.5, 0.6) is 5.75 Å². The lowest BCUT2D eigenvalue weighted by Gasteiger charge is -2.43. The molecule has 2 saturated carbocycles. The molecule has 122 valence electrons. The summed E-state index contributed by atoms with van der Waals surface area (Å²) in [7, 11) is 1.74. The van der Waals surface area contributed by atoms with E-state index in [1.807, 2.05) is 6.07 Å². The summed E-state index contributed by atoms with van der Waals surface area (Å²) in [4.78, 5) is 0. The van der Waals surface area contributed by atoms with Crippen LogP contribution in [0.1, 0.15) is 56.6 Å². The lowest BCUT2D eigenvalue weighted by Crippen LogP contribution is -2.39. The Kier molecular flexibility index (Phi) is 4.49. The standard InChI is InChI=1S/C20H30O2/c1-14-6-9-17(22-3)13-16(14)8-7-15-5-4-12-20(2)18(15)10-11-19(20)21/h6,9,13,15,18-19,21H,4-5,7-8,10-12H2,1-3H3/t15-,18+,19-,20-/m0/s1. The molecule has 2 nitrogen and oxygen atoms in total. The van der Waals surface area contributed by atoms with Gasteiger partial charge in [0.2, 0.25) is 0 Å². The first-order valence-corrected chi connectivity index (χ1v) is 8.86. The Morgan fingerprint density at radius 1 is 1.27 bits per heavy atom. The molecule has 0 heterocycles. The highest BCUT2D eigenvalue weighted by atomic mass is 16.5. The molecule has 1 aromatic rings. The molecular weight excluding hydrogens is 272 g/mol. The van der Waals surface area contributed by atoms with E-state index in [0.29, 0.717) is 0 Å². The molecule has 0 saturated heterocycles. The molecule has 22 heavy (non-hydrogen) atoms. The fourth-order valence-electron chi connectivity index (χ4n) is 5.05. The van der Waals surface area contributed by atoms with E-state index < -0.39 is 0 Å². The minimum Gasteiger partial charge on any atom is -0.497 e.